The second kappa shape index (κ2) is 5.37. The predicted octanol–water partition coefficient (Wildman–Crippen LogP) is 3.18. The summed E-state index contributed by atoms with van der Waals surface area (Å²) in [5, 5.41) is 5.11. The van der Waals surface area contributed by atoms with Gasteiger partial charge in [0, 0.05) is 16.1 Å². The van der Waals surface area contributed by atoms with Gasteiger partial charge >= 0.3 is 0 Å². The summed E-state index contributed by atoms with van der Waals surface area (Å²) in [5.41, 5.74) is 4.67. The van der Waals surface area contributed by atoms with Crippen LogP contribution in [0.5, 0.6) is 0 Å². The zero-order valence-electron chi connectivity index (χ0n) is 11.8. The zero-order valence-corrected chi connectivity index (χ0v) is 13.3. The zero-order chi connectivity index (χ0) is 16.0. The lowest BCUT2D eigenvalue weighted by Gasteiger charge is -2.33. The summed E-state index contributed by atoms with van der Waals surface area (Å²) in [7, 11) is 0. The van der Waals surface area contributed by atoms with Gasteiger partial charge in [-0.2, -0.15) is 5.10 Å². The Kier molecular flexibility index (Phi) is 3.32. The van der Waals surface area contributed by atoms with E-state index in [2.05, 4.69) is 15.5 Å². The number of amides is 1. The molecule has 0 aliphatic carbocycles. The fourth-order valence-electron chi connectivity index (χ4n) is 2.63. The molecule has 7 heteroatoms. The van der Waals surface area contributed by atoms with E-state index in [-0.39, 0.29) is 12.5 Å². The topological polar surface area (TPSA) is 57.1 Å². The van der Waals surface area contributed by atoms with Crippen molar-refractivity contribution in [3.05, 3.63) is 63.6 Å². The number of halogens is 2. The molecule has 0 fully saturated rings. The molecule has 5 nitrogen and oxygen atoms in total. The van der Waals surface area contributed by atoms with Gasteiger partial charge in [0.05, 0.1) is 10.7 Å². The molecule has 0 atom stereocenters. The van der Waals surface area contributed by atoms with Crippen molar-refractivity contribution in [1.29, 1.82) is 0 Å². The summed E-state index contributed by atoms with van der Waals surface area (Å²) in [6.45, 7) is 0.135. The second-order valence-corrected chi connectivity index (χ2v) is 5.99. The molecule has 0 bridgehead atoms. The average molecular weight is 345 g/mol. The predicted molar refractivity (Wildman–Crippen MR) is 90.5 cm³/mol. The van der Waals surface area contributed by atoms with Crippen LogP contribution < -0.4 is 5.43 Å². The monoisotopic (exact) mass is 344 g/mol. The highest BCUT2D eigenvalue weighted by molar-refractivity contribution is 6.38. The number of hydrogen-bond acceptors (Lipinski definition) is 4. The normalized spacial score (nSPS) is 16.1. The molecule has 2 aliphatic rings. The van der Waals surface area contributed by atoms with Gasteiger partial charge in [0.15, 0.2) is 5.84 Å². The summed E-state index contributed by atoms with van der Waals surface area (Å²) in [6, 6.07) is 13.0. The number of hydrazone groups is 1. The maximum absolute atomic E-state index is 11.8. The molecule has 0 unspecified atom stereocenters. The van der Waals surface area contributed by atoms with Crippen LogP contribution in [0.3, 0.4) is 0 Å². The van der Waals surface area contributed by atoms with E-state index in [1.165, 1.54) is 0 Å². The number of amidine groups is 2. The molecule has 114 valence electrons. The van der Waals surface area contributed by atoms with Crippen molar-refractivity contribution in [2.24, 2.45) is 10.1 Å². The first-order chi connectivity index (χ1) is 11.1. The lowest BCUT2D eigenvalue weighted by molar-refractivity contribution is -0.121. The minimum atomic E-state index is -0.200. The van der Waals surface area contributed by atoms with Crippen LogP contribution in [-0.4, -0.2) is 29.0 Å². The van der Waals surface area contributed by atoms with Crippen LogP contribution >= 0.6 is 23.2 Å². The Morgan fingerprint density at radius 3 is 2.65 bits per heavy atom. The number of carbonyl (C=O) groups excluding carboxylic acids is 1. The molecular formula is C16H10Cl2N4O. The van der Waals surface area contributed by atoms with Crippen molar-refractivity contribution in [3.8, 4) is 0 Å². The molecule has 2 aromatic carbocycles. The number of hydrogen-bond donors (Lipinski definition) is 1. The molecule has 4 rings (SSSR count). The van der Waals surface area contributed by atoms with E-state index in [1.807, 2.05) is 30.3 Å². The van der Waals surface area contributed by atoms with Crippen molar-refractivity contribution in [2.45, 2.75) is 0 Å². The summed E-state index contributed by atoms with van der Waals surface area (Å²) >= 11 is 12.4. The minimum absolute atomic E-state index is 0.135. The van der Waals surface area contributed by atoms with Crippen molar-refractivity contribution in [1.82, 2.24) is 10.3 Å². The molecule has 1 N–H and O–H groups in total. The van der Waals surface area contributed by atoms with Gasteiger partial charge in [-0.3, -0.25) is 9.69 Å². The molecule has 2 heterocycles. The average Bonchev–Trinajstić information content (AvgIpc) is 2.55. The number of benzene rings is 2. The maximum Gasteiger partial charge on any atom is 0.260 e. The van der Waals surface area contributed by atoms with E-state index in [0.29, 0.717) is 33.0 Å². The standard InChI is InChI=1S/C16H10Cl2N4O/c17-10-6-11-14(12(18)7-10)19-15(9-4-2-1-3-5-9)22-8-13(23)20-21-16(11)22/h1-7H,8H2,(H,20,23). The van der Waals surface area contributed by atoms with E-state index >= 15 is 0 Å². The van der Waals surface area contributed by atoms with E-state index < -0.39 is 0 Å². The maximum atomic E-state index is 11.8. The number of rotatable bonds is 1. The smallest absolute Gasteiger partial charge is 0.260 e. The Labute approximate surface area is 142 Å². The Bertz CT molecular complexity index is 877. The fraction of sp³-hybridized carbons (Fsp3) is 0.0625. The van der Waals surface area contributed by atoms with Gasteiger partial charge in [0.2, 0.25) is 0 Å². The Balaban J connectivity index is 1.98. The second-order valence-electron chi connectivity index (χ2n) is 5.14. The third-order valence-corrected chi connectivity index (χ3v) is 4.12. The van der Waals surface area contributed by atoms with Gasteiger partial charge < -0.3 is 0 Å². The van der Waals surface area contributed by atoms with Crippen LogP contribution in [0.25, 0.3) is 0 Å². The summed E-state index contributed by atoms with van der Waals surface area (Å²) in [4.78, 5) is 18.2. The van der Waals surface area contributed by atoms with Crippen molar-refractivity contribution < 1.29 is 4.79 Å². The highest BCUT2D eigenvalue weighted by Gasteiger charge is 2.33. The third kappa shape index (κ3) is 2.38. The SMILES string of the molecule is O=C1CN2C(c3ccccc3)=Nc3c(Cl)cc(Cl)cc3C2=NN1. The third-order valence-electron chi connectivity index (χ3n) is 3.62. The number of nitrogens with zero attached hydrogens (tertiary/aromatic N) is 3. The van der Waals surface area contributed by atoms with Gasteiger partial charge in [-0.25, -0.2) is 10.4 Å². The van der Waals surface area contributed by atoms with Crippen molar-refractivity contribution in [3.63, 3.8) is 0 Å². The molecule has 23 heavy (non-hydrogen) atoms. The highest BCUT2D eigenvalue weighted by Crippen LogP contribution is 2.37. The number of nitrogens with one attached hydrogen (secondary N) is 1. The van der Waals surface area contributed by atoms with Crippen LogP contribution in [0.4, 0.5) is 5.69 Å². The molecule has 0 saturated heterocycles. The fourth-order valence-corrected chi connectivity index (χ4v) is 3.17. The lowest BCUT2D eigenvalue weighted by Crippen LogP contribution is -2.50. The molecule has 0 aromatic heterocycles. The number of carbonyl (C=O) groups is 1. The molecule has 0 saturated carbocycles. The van der Waals surface area contributed by atoms with E-state index in [1.54, 1.807) is 17.0 Å². The van der Waals surface area contributed by atoms with Gasteiger partial charge in [-0.1, -0.05) is 53.5 Å². The first-order valence-corrected chi connectivity index (χ1v) is 7.66. The number of aliphatic imine (C=N–C) groups is 1. The molecule has 0 spiro atoms. The van der Waals surface area contributed by atoms with Crippen LogP contribution in [0, 0.1) is 0 Å². The quantitative estimate of drug-likeness (QED) is 0.863. The first-order valence-electron chi connectivity index (χ1n) is 6.91. The molecule has 1 amide bonds. The van der Waals surface area contributed by atoms with Gasteiger partial charge in [0.25, 0.3) is 5.91 Å². The minimum Gasteiger partial charge on any atom is -0.299 e. The molecule has 2 aliphatic heterocycles. The summed E-state index contributed by atoms with van der Waals surface area (Å²) < 4.78 is 0. The lowest BCUT2D eigenvalue weighted by atomic mass is 10.1. The highest BCUT2D eigenvalue weighted by atomic mass is 35.5. The van der Waals surface area contributed by atoms with Crippen LogP contribution in [-0.2, 0) is 4.79 Å². The van der Waals surface area contributed by atoms with Crippen molar-refractivity contribution in [2.75, 3.05) is 6.54 Å². The van der Waals surface area contributed by atoms with E-state index in [4.69, 9.17) is 23.2 Å². The van der Waals surface area contributed by atoms with Gasteiger partial charge in [-0.05, 0) is 12.1 Å². The Hall–Kier alpha value is -2.37. The first kappa shape index (κ1) is 14.2. The molecule has 0 radical (unpaired) electrons. The Morgan fingerprint density at radius 1 is 1.09 bits per heavy atom. The van der Waals surface area contributed by atoms with E-state index in [9.17, 15) is 4.79 Å². The van der Waals surface area contributed by atoms with Crippen LogP contribution in [0.15, 0.2) is 52.6 Å². The summed E-state index contributed by atoms with van der Waals surface area (Å²) in [6.07, 6.45) is 0. The Morgan fingerprint density at radius 2 is 1.87 bits per heavy atom. The van der Waals surface area contributed by atoms with E-state index in [0.717, 1.165) is 5.56 Å². The van der Waals surface area contributed by atoms with Crippen molar-refractivity contribution >= 4 is 46.5 Å². The van der Waals surface area contributed by atoms with Gasteiger partial charge in [-0.15, -0.1) is 0 Å². The molecule has 2 aromatic rings. The summed E-state index contributed by atoms with van der Waals surface area (Å²) in [5.74, 6) is 1.02. The van der Waals surface area contributed by atoms with Crippen LogP contribution in [0.1, 0.15) is 11.1 Å². The largest absolute Gasteiger partial charge is 0.299 e. The molecular weight excluding hydrogens is 335 g/mol. The number of fused-ring (bicyclic) bond motifs is 3. The van der Waals surface area contributed by atoms with Gasteiger partial charge in [0.1, 0.15) is 12.4 Å². The van der Waals surface area contributed by atoms with Crippen LogP contribution in [0.2, 0.25) is 10.0 Å².